The van der Waals surface area contributed by atoms with E-state index >= 15 is 0 Å². The summed E-state index contributed by atoms with van der Waals surface area (Å²) in [6.07, 6.45) is 1.70. The summed E-state index contributed by atoms with van der Waals surface area (Å²) in [5, 5.41) is 6.33. The predicted octanol–water partition coefficient (Wildman–Crippen LogP) is 4.82. The molecule has 128 valence electrons. The maximum atomic E-state index is 12.8. The predicted molar refractivity (Wildman–Crippen MR) is 110 cm³/mol. The van der Waals surface area contributed by atoms with Crippen molar-refractivity contribution in [3.8, 4) is 0 Å². The lowest BCUT2D eigenvalue weighted by molar-refractivity contribution is 0.0923. The number of hydrogen-bond acceptors (Lipinski definition) is 3. The number of carbonyl (C=O) groups excluding carboxylic acids is 1. The first kappa shape index (κ1) is 16.5. The average Bonchev–Trinajstić information content (AvgIpc) is 3.01. The van der Waals surface area contributed by atoms with Crippen LogP contribution in [0.4, 0.5) is 0 Å². The fourth-order valence-electron chi connectivity index (χ4n) is 3.08. The number of benzene rings is 3. The van der Waals surface area contributed by atoms with Crippen molar-refractivity contribution in [3.05, 3.63) is 82.8 Å². The summed E-state index contributed by atoms with van der Waals surface area (Å²) in [6.45, 7) is 0.115. The zero-order valence-electron chi connectivity index (χ0n) is 13.9. The first-order valence-electron chi connectivity index (χ1n) is 8.27. The van der Waals surface area contributed by atoms with Crippen molar-refractivity contribution in [3.63, 3.8) is 0 Å². The Morgan fingerprint density at radius 2 is 1.50 bits per heavy atom. The van der Waals surface area contributed by atoms with Gasteiger partial charge in [-0.2, -0.15) is 5.10 Å². The minimum atomic E-state index is -0.0494. The Labute approximate surface area is 159 Å². The SMILES string of the molecule is O=C(CN/N=C/c1ccccc1Br)n1c2ccccc2c2ccccc21. The van der Waals surface area contributed by atoms with Crippen molar-refractivity contribution in [2.45, 2.75) is 0 Å². The molecule has 3 aromatic carbocycles. The smallest absolute Gasteiger partial charge is 0.252 e. The molecule has 0 amide bonds. The van der Waals surface area contributed by atoms with Crippen LogP contribution in [0.3, 0.4) is 0 Å². The fourth-order valence-corrected chi connectivity index (χ4v) is 3.47. The van der Waals surface area contributed by atoms with Crippen LogP contribution >= 0.6 is 15.9 Å². The fraction of sp³-hybridized carbons (Fsp3) is 0.0476. The Morgan fingerprint density at radius 1 is 0.923 bits per heavy atom. The van der Waals surface area contributed by atoms with Gasteiger partial charge in [-0.05, 0) is 18.2 Å². The van der Waals surface area contributed by atoms with Crippen LogP contribution in [-0.2, 0) is 0 Å². The van der Waals surface area contributed by atoms with E-state index in [-0.39, 0.29) is 12.5 Å². The Balaban J connectivity index is 1.59. The van der Waals surface area contributed by atoms with Gasteiger partial charge in [0.25, 0.3) is 5.91 Å². The molecule has 0 saturated carbocycles. The van der Waals surface area contributed by atoms with Crippen molar-refractivity contribution in [2.75, 3.05) is 6.54 Å². The van der Waals surface area contributed by atoms with E-state index < -0.39 is 0 Å². The zero-order chi connectivity index (χ0) is 17.9. The van der Waals surface area contributed by atoms with E-state index in [1.807, 2.05) is 72.8 Å². The minimum Gasteiger partial charge on any atom is -0.301 e. The number of para-hydroxylation sites is 2. The second-order valence-corrected chi connectivity index (χ2v) is 6.73. The summed E-state index contributed by atoms with van der Waals surface area (Å²) in [7, 11) is 0. The molecule has 0 spiro atoms. The monoisotopic (exact) mass is 405 g/mol. The van der Waals surface area contributed by atoms with Crippen molar-refractivity contribution in [1.82, 2.24) is 9.99 Å². The summed E-state index contributed by atoms with van der Waals surface area (Å²) < 4.78 is 2.71. The highest BCUT2D eigenvalue weighted by Gasteiger charge is 2.14. The molecule has 0 bridgehead atoms. The Bertz CT molecular complexity index is 1080. The molecule has 4 aromatic rings. The van der Waals surface area contributed by atoms with Gasteiger partial charge in [0.1, 0.15) is 6.54 Å². The molecule has 0 aliphatic rings. The molecule has 4 rings (SSSR count). The number of hydrogen-bond donors (Lipinski definition) is 1. The highest BCUT2D eigenvalue weighted by Crippen LogP contribution is 2.28. The lowest BCUT2D eigenvalue weighted by Gasteiger charge is -2.06. The van der Waals surface area contributed by atoms with Crippen LogP contribution in [0.25, 0.3) is 21.8 Å². The highest BCUT2D eigenvalue weighted by atomic mass is 79.9. The lowest BCUT2D eigenvalue weighted by atomic mass is 10.2. The topological polar surface area (TPSA) is 46.4 Å². The Kier molecular flexibility index (Phi) is 4.54. The van der Waals surface area contributed by atoms with Crippen molar-refractivity contribution < 1.29 is 4.79 Å². The Hall–Kier alpha value is -2.92. The largest absolute Gasteiger partial charge is 0.301 e. The normalized spacial score (nSPS) is 11.4. The van der Waals surface area contributed by atoms with Gasteiger partial charge in [-0.1, -0.05) is 70.5 Å². The lowest BCUT2D eigenvalue weighted by Crippen LogP contribution is -2.23. The van der Waals surface area contributed by atoms with Gasteiger partial charge in [0.15, 0.2) is 0 Å². The van der Waals surface area contributed by atoms with Crippen LogP contribution in [0, 0.1) is 0 Å². The third kappa shape index (κ3) is 3.02. The van der Waals surface area contributed by atoms with Gasteiger partial charge in [0.2, 0.25) is 0 Å². The minimum absolute atomic E-state index is 0.0494. The number of aromatic nitrogens is 1. The number of rotatable bonds is 4. The van der Waals surface area contributed by atoms with Gasteiger partial charge in [0.05, 0.1) is 17.2 Å². The summed E-state index contributed by atoms with van der Waals surface area (Å²) in [5.41, 5.74) is 5.63. The molecule has 26 heavy (non-hydrogen) atoms. The third-order valence-electron chi connectivity index (χ3n) is 4.26. The molecule has 1 aromatic heterocycles. The summed E-state index contributed by atoms with van der Waals surface area (Å²) in [4.78, 5) is 12.8. The molecule has 0 unspecified atom stereocenters. The Morgan fingerprint density at radius 3 is 2.15 bits per heavy atom. The van der Waals surface area contributed by atoms with E-state index in [1.165, 1.54) is 0 Å². The van der Waals surface area contributed by atoms with Crippen LogP contribution in [-0.4, -0.2) is 23.2 Å². The molecular formula is C21H16BrN3O. The van der Waals surface area contributed by atoms with Crippen molar-refractivity contribution in [2.24, 2.45) is 5.10 Å². The standard InChI is InChI=1S/C21H16BrN3O/c22-18-10-4-1-7-15(18)13-23-24-14-21(26)25-19-11-5-2-8-16(19)17-9-3-6-12-20(17)25/h1-13,24H,14H2/b23-13+. The first-order chi connectivity index (χ1) is 12.8. The molecule has 5 heteroatoms. The van der Waals surface area contributed by atoms with E-state index in [0.717, 1.165) is 31.8 Å². The van der Waals surface area contributed by atoms with Gasteiger partial charge in [-0.25, -0.2) is 0 Å². The van der Waals surface area contributed by atoms with Crippen LogP contribution in [0.1, 0.15) is 10.4 Å². The molecular weight excluding hydrogens is 390 g/mol. The number of nitrogens with zero attached hydrogens (tertiary/aromatic N) is 2. The summed E-state index contributed by atoms with van der Waals surface area (Å²) in [5.74, 6) is -0.0494. The third-order valence-corrected chi connectivity index (χ3v) is 4.98. The number of nitrogens with one attached hydrogen (secondary N) is 1. The van der Waals surface area contributed by atoms with Gasteiger partial charge in [-0.15, -0.1) is 0 Å². The molecule has 0 fully saturated rings. The second kappa shape index (κ2) is 7.14. The van der Waals surface area contributed by atoms with Crippen molar-refractivity contribution >= 4 is 49.9 Å². The first-order valence-corrected chi connectivity index (χ1v) is 9.07. The van der Waals surface area contributed by atoms with E-state index in [2.05, 4.69) is 26.5 Å². The van der Waals surface area contributed by atoms with Crippen molar-refractivity contribution in [1.29, 1.82) is 0 Å². The summed E-state index contributed by atoms with van der Waals surface area (Å²) in [6, 6.07) is 23.7. The van der Waals surface area contributed by atoms with Gasteiger partial charge >= 0.3 is 0 Å². The van der Waals surface area contributed by atoms with E-state index in [1.54, 1.807) is 10.8 Å². The van der Waals surface area contributed by atoms with E-state index in [4.69, 9.17) is 0 Å². The number of hydrazone groups is 1. The molecule has 0 saturated heterocycles. The van der Waals surface area contributed by atoms with Gasteiger partial charge in [0, 0.05) is 20.8 Å². The zero-order valence-corrected chi connectivity index (χ0v) is 15.5. The van der Waals surface area contributed by atoms with Gasteiger partial charge in [-0.3, -0.25) is 9.36 Å². The van der Waals surface area contributed by atoms with Crippen LogP contribution in [0.15, 0.2) is 82.4 Å². The maximum Gasteiger partial charge on any atom is 0.252 e. The van der Waals surface area contributed by atoms with Gasteiger partial charge < -0.3 is 5.43 Å². The van der Waals surface area contributed by atoms with E-state index in [9.17, 15) is 4.79 Å². The highest BCUT2D eigenvalue weighted by molar-refractivity contribution is 9.10. The van der Waals surface area contributed by atoms with Crippen LogP contribution in [0.5, 0.6) is 0 Å². The number of halogens is 1. The molecule has 0 radical (unpaired) electrons. The molecule has 1 N–H and O–H groups in total. The molecule has 0 aliphatic carbocycles. The second-order valence-electron chi connectivity index (χ2n) is 5.88. The number of carbonyl (C=O) groups is 1. The average molecular weight is 406 g/mol. The van der Waals surface area contributed by atoms with Crippen LogP contribution in [0.2, 0.25) is 0 Å². The molecule has 4 nitrogen and oxygen atoms in total. The van der Waals surface area contributed by atoms with Crippen LogP contribution < -0.4 is 5.43 Å². The maximum absolute atomic E-state index is 12.8. The quantitative estimate of drug-likeness (QED) is 0.390. The number of fused-ring (bicyclic) bond motifs is 3. The molecule has 1 heterocycles. The molecule has 0 atom stereocenters. The van der Waals surface area contributed by atoms with E-state index in [0.29, 0.717) is 0 Å². The summed E-state index contributed by atoms with van der Waals surface area (Å²) >= 11 is 3.47. The molecule has 0 aliphatic heterocycles.